The Morgan fingerprint density at radius 1 is 1.17 bits per heavy atom. The maximum atomic E-state index is 6.03. The van der Waals surface area contributed by atoms with Gasteiger partial charge in [0.25, 0.3) is 0 Å². The molecular weight excluding hydrogens is 222 g/mol. The van der Waals surface area contributed by atoms with Gasteiger partial charge in [0.1, 0.15) is 0 Å². The van der Waals surface area contributed by atoms with E-state index in [0.29, 0.717) is 0 Å². The van der Waals surface area contributed by atoms with Gasteiger partial charge in [0.05, 0.1) is 11.4 Å². The molecule has 94 valence electrons. The number of hydrogen-bond donors (Lipinski definition) is 1. The van der Waals surface area contributed by atoms with E-state index in [0.717, 1.165) is 30.0 Å². The summed E-state index contributed by atoms with van der Waals surface area (Å²) in [6.45, 7) is 3.00. The summed E-state index contributed by atoms with van der Waals surface area (Å²) in [6, 6.07) is 12.0. The fraction of sp³-hybridized carbons (Fsp3) is 0.267. The van der Waals surface area contributed by atoms with Crippen LogP contribution in [0.4, 0.5) is 11.4 Å². The number of anilines is 2. The van der Waals surface area contributed by atoms with Gasteiger partial charge in [-0.25, -0.2) is 0 Å². The van der Waals surface area contributed by atoms with Gasteiger partial charge in [-0.3, -0.25) is 4.98 Å². The SMILES string of the molecule is Cc1cccc(N)c1N(C)CCc1ccccn1. The molecule has 2 rings (SSSR count). The summed E-state index contributed by atoms with van der Waals surface area (Å²) in [5, 5.41) is 0. The third kappa shape index (κ3) is 2.80. The van der Waals surface area contributed by atoms with Gasteiger partial charge in [-0.15, -0.1) is 0 Å². The van der Waals surface area contributed by atoms with Crippen LogP contribution in [-0.4, -0.2) is 18.6 Å². The second-order valence-electron chi connectivity index (χ2n) is 4.51. The topological polar surface area (TPSA) is 42.1 Å². The molecule has 3 heteroatoms. The Hall–Kier alpha value is -2.03. The van der Waals surface area contributed by atoms with Crippen molar-refractivity contribution in [1.82, 2.24) is 4.98 Å². The molecule has 0 aliphatic rings. The molecule has 0 amide bonds. The molecule has 0 saturated heterocycles. The van der Waals surface area contributed by atoms with Crippen molar-refractivity contribution in [2.45, 2.75) is 13.3 Å². The maximum Gasteiger partial charge on any atom is 0.0627 e. The highest BCUT2D eigenvalue weighted by molar-refractivity contribution is 5.71. The van der Waals surface area contributed by atoms with Gasteiger partial charge < -0.3 is 10.6 Å². The van der Waals surface area contributed by atoms with Crippen LogP contribution in [0.25, 0.3) is 0 Å². The van der Waals surface area contributed by atoms with Crippen LogP contribution in [0.3, 0.4) is 0 Å². The molecule has 0 spiro atoms. The van der Waals surface area contributed by atoms with E-state index in [4.69, 9.17) is 5.73 Å². The Morgan fingerprint density at radius 2 is 2.00 bits per heavy atom. The van der Waals surface area contributed by atoms with Crippen LogP contribution in [0.1, 0.15) is 11.3 Å². The summed E-state index contributed by atoms with van der Waals surface area (Å²) in [7, 11) is 2.07. The molecule has 0 aliphatic carbocycles. The van der Waals surface area contributed by atoms with Gasteiger partial charge in [-0.05, 0) is 30.7 Å². The molecule has 18 heavy (non-hydrogen) atoms. The normalized spacial score (nSPS) is 10.3. The van der Waals surface area contributed by atoms with Gasteiger partial charge >= 0.3 is 0 Å². The molecule has 0 bridgehead atoms. The summed E-state index contributed by atoms with van der Waals surface area (Å²) in [4.78, 5) is 6.53. The molecule has 0 radical (unpaired) electrons. The maximum absolute atomic E-state index is 6.03. The van der Waals surface area contributed by atoms with Gasteiger partial charge in [-0.1, -0.05) is 18.2 Å². The molecule has 0 fully saturated rings. The molecular formula is C15H19N3. The fourth-order valence-corrected chi connectivity index (χ4v) is 2.14. The highest BCUT2D eigenvalue weighted by atomic mass is 15.1. The number of nitrogen functional groups attached to an aromatic ring is 1. The number of aromatic nitrogens is 1. The van der Waals surface area contributed by atoms with E-state index < -0.39 is 0 Å². The van der Waals surface area contributed by atoms with E-state index in [9.17, 15) is 0 Å². The van der Waals surface area contributed by atoms with E-state index in [1.165, 1.54) is 5.56 Å². The molecule has 1 aromatic carbocycles. The molecule has 0 unspecified atom stereocenters. The lowest BCUT2D eigenvalue weighted by Crippen LogP contribution is -2.22. The molecule has 0 aliphatic heterocycles. The Labute approximate surface area is 108 Å². The minimum absolute atomic E-state index is 0.832. The van der Waals surface area contributed by atoms with Crippen molar-refractivity contribution < 1.29 is 0 Å². The second-order valence-corrected chi connectivity index (χ2v) is 4.51. The minimum Gasteiger partial charge on any atom is -0.397 e. The van der Waals surface area contributed by atoms with Crippen molar-refractivity contribution in [3.05, 3.63) is 53.9 Å². The number of benzene rings is 1. The van der Waals surface area contributed by atoms with Crippen molar-refractivity contribution >= 4 is 11.4 Å². The van der Waals surface area contributed by atoms with Crippen LogP contribution < -0.4 is 10.6 Å². The van der Waals surface area contributed by atoms with E-state index in [-0.39, 0.29) is 0 Å². The number of nitrogens with zero attached hydrogens (tertiary/aromatic N) is 2. The van der Waals surface area contributed by atoms with Gasteiger partial charge in [0.2, 0.25) is 0 Å². The predicted octanol–water partition coefficient (Wildman–Crippen LogP) is 2.65. The second kappa shape index (κ2) is 5.54. The Kier molecular flexibility index (Phi) is 3.82. The standard InChI is InChI=1S/C15H19N3/c1-12-6-5-8-14(16)15(12)18(2)11-9-13-7-3-4-10-17-13/h3-8,10H,9,11,16H2,1-2H3. The molecule has 0 saturated carbocycles. The monoisotopic (exact) mass is 241 g/mol. The number of para-hydroxylation sites is 1. The zero-order valence-electron chi connectivity index (χ0n) is 10.9. The highest BCUT2D eigenvalue weighted by Crippen LogP contribution is 2.26. The van der Waals surface area contributed by atoms with Crippen molar-refractivity contribution in [3.8, 4) is 0 Å². The zero-order chi connectivity index (χ0) is 13.0. The number of hydrogen-bond acceptors (Lipinski definition) is 3. The first-order chi connectivity index (χ1) is 8.68. The molecule has 1 heterocycles. The smallest absolute Gasteiger partial charge is 0.0627 e. The lowest BCUT2D eigenvalue weighted by Gasteiger charge is -2.23. The molecule has 3 nitrogen and oxygen atoms in total. The van der Waals surface area contributed by atoms with Crippen LogP contribution in [-0.2, 0) is 6.42 Å². The summed E-state index contributed by atoms with van der Waals surface area (Å²) in [6.07, 6.45) is 2.75. The molecule has 2 N–H and O–H groups in total. The number of rotatable bonds is 4. The first-order valence-corrected chi connectivity index (χ1v) is 6.14. The van der Waals surface area contributed by atoms with Crippen LogP contribution in [0.5, 0.6) is 0 Å². The highest BCUT2D eigenvalue weighted by Gasteiger charge is 2.08. The van der Waals surface area contributed by atoms with Gasteiger partial charge in [0.15, 0.2) is 0 Å². The average molecular weight is 241 g/mol. The van der Waals surface area contributed by atoms with Crippen LogP contribution >= 0.6 is 0 Å². The number of likely N-dealkylation sites (N-methyl/N-ethyl adjacent to an activating group) is 1. The first kappa shape index (κ1) is 12.4. The first-order valence-electron chi connectivity index (χ1n) is 6.14. The summed E-state index contributed by atoms with van der Waals surface area (Å²) < 4.78 is 0. The van der Waals surface area contributed by atoms with E-state index in [1.54, 1.807) is 0 Å². The molecule has 2 aromatic rings. The number of nitrogens with two attached hydrogens (primary N) is 1. The van der Waals surface area contributed by atoms with E-state index in [2.05, 4.69) is 36.0 Å². The average Bonchev–Trinajstić information content (AvgIpc) is 2.37. The van der Waals surface area contributed by atoms with Crippen molar-refractivity contribution in [3.63, 3.8) is 0 Å². The fourth-order valence-electron chi connectivity index (χ4n) is 2.14. The minimum atomic E-state index is 0.832. The third-order valence-corrected chi connectivity index (χ3v) is 3.08. The Balaban J connectivity index is 2.06. The van der Waals surface area contributed by atoms with Crippen molar-refractivity contribution in [2.24, 2.45) is 0 Å². The zero-order valence-corrected chi connectivity index (χ0v) is 10.9. The van der Waals surface area contributed by atoms with Crippen LogP contribution in [0.15, 0.2) is 42.6 Å². The summed E-state index contributed by atoms with van der Waals surface area (Å²) in [5.41, 5.74) is 10.3. The quantitative estimate of drug-likeness (QED) is 0.837. The van der Waals surface area contributed by atoms with Gasteiger partial charge in [0, 0.05) is 31.9 Å². The summed E-state index contributed by atoms with van der Waals surface area (Å²) in [5.74, 6) is 0. The third-order valence-electron chi connectivity index (χ3n) is 3.08. The number of aryl methyl sites for hydroxylation is 1. The largest absolute Gasteiger partial charge is 0.397 e. The predicted molar refractivity (Wildman–Crippen MR) is 76.8 cm³/mol. The summed E-state index contributed by atoms with van der Waals surface area (Å²) >= 11 is 0. The van der Waals surface area contributed by atoms with E-state index >= 15 is 0 Å². The number of pyridine rings is 1. The van der Waals surface area contributed by atoms with Crippen LogP contribution in [0.2, 0.25) is 0 Å². The van der Waals surface area contributed by atoms with Crippen LogP contribution in [0, 0.1) is 6.92 Å². The van der Waals surface area contributed by atoms with Gasteiger partial charge in [-0.2, -0.15) is 0 Å². The lowest BCUT2D eigenvalue weighted by atomic mass is 10.1. The Bertz CT molecular complexity index is 488. The Morgan fingerprint density at radius 3 is 2.67 bits per heavy atom. The van der Waals surface area contributed by atoms with Crippen molar-refractivity contribution in [1.29, 1.82) is 0 Å². The van der Waals surface area contributed by atoms with Crippen molar-refractivity contribution in [2.75, 3.05) is 24.2 Å². The lowest BCUT2D eigenvalue weighted by molar-refractivity contribution is 0.851. The van der Waals surface area contributed by atoms with E-state index in [1.807, 2.05) is 30.5 Å². The molecule has 1 aromatic heterocycles. The molecule has 0 atom stereocenters.